The monoisotopic (exact) mass is 143 g/mol. The summed E-state index contributed by atoms with van der Waals surface area (Å²) in [6.07, 6.45) is 3.26. The van der Waals surface area contributed by atoms with Crippen molar-refractivity contribution in [3.8, 4) is 0 Å². The van der Waals surface area contributed by atoms with Crippen LogP contribution in [0.4, 0.5) is 0 Å². The molecule has 1 rings (SSSR count). The SMILES string of the molecule is CC1(C=O)CC1.CCNC. The molecular weight excluding hydrogens is 126 g/mol. The van der Waals surface area contributed by atoms with Gasteiger partial charge in [-0.3, -0.25) is 0 Å². The molecule has 0 aromatic rings. The molecule has 1 fully saturated rings. The van der Waals surface area contributed by atoms with Crippen molar-refractivity contribution in [3.05, 3.63) is 0 Å². The van der Waals surface area contributed by atoms with Gasteiger partial charge in [0.25, 0.3) is 0 Å². The van der Waals surface area contributed by atoms with E-state index in [-0.39, 0.29) is 5.41 Å². The summed E-state index contributed by atoms with van der Waals surface area (Å²) in [5.74, 6) is 0. The Hall–Kier alpha value is -0.370. The lowest BCUT2D eigenvalue weighted by molar-refractivity contribution is -0.111. The topological polar surface area (TPSA) is 29.1 Å². The summed E-state index contributed by atoms with van der Waals surface area (Å²) in [4.78, 5) is 9.89. The number of hydrogen-bond donors (Lipinski definition) is 1. The molecule has 1 saturated carbocycles. The maximum Gasteiger partial charge on any atom is 0.125 e. The third kappa shape index (κ3) is 4.50. The zero-order chi connectivity index (χ0) is 8.04. The van der Waals surface area contributed by atoms with E-state index >= 15 is 0 Å². The molecule has 1 aliphatic rings. The lowest BCUT2D eigenvalue weighted by Gasteiger charge is -1.85. The van der Waals surface area contributed by atoms with Crippen LogP contribution in [0.25, 0.3) is 0 Å². The van der Waals surface area contributed by atoms with Crippen LogP contribution in [0.5, 0.6) is 0 Å². The molecule has 0 amide bonds. The molecule has 10 heavy (non-hydrogen) atoms. The van der Waals surface area contributed by atoms with Gasteiger partial charge >= 0.3 is 0 Å². The summed E-state index contributed by atoms with van der Waals surface area (Å²) in [5.41, 5.74) is 0.111. The zero-order valence-electron chi connectivity index (χ0n) is 7.11. The van der Waals surface area contributed by atoms with Crippen molar-refractivity contribution in [1.82, 2.24) is 5.32 Å². The average Bonchev–Trinajstić information content (AvgIpc) is 2.70. The van der Waals surface area contributed by atoms with Crippen LogP contribution in [-0.2, 0) is 4.79 Å². The highest BCUT2D eigenvalue weighted by atomic mass is 16.1. The van der Waals surface area contributed by atoms with Gasteiger partial charge in [-0.05, 0) is 26.4 Å². The number of rotatable bonds is 2. The van der Waals surface area contributed by atoms with Crippen LogP contribution in [0.1, 0.15) is 26.7 Å². The van der Waals surface area contributed by atoms with Crippen molar-refractivity contribution >= 4 is 6.29 Å². The third-order valence-electron chi connectivity index (χ3n) is 1.68. The minimum absolute atomic E-state index is 0.111. The molecule has 2 heteroatoms. The van der Waals surface area contributed by atoms with Gasteiger partial charge in [-0.25, -0.2) is 0 Å². The van der Waals surface area contributed by atoms with E-state index in [4.69, 9.17) is 0 Å². The lowest BCUT2D eigenvalue weighted by Crippen LogP contribution is -2.01. The third-order valence-corrected chi connectivity index (χ3v) is 1.68. The standard InChI is InChI=1S/C5H8O.C3H9N/c1-5(4-6)2-3-5;1-3-4-2/h4H,2-3H2,1H3;4H,3H2,1-2H3. The number of hydrogen-bond acceptors (Lipinski definition) is 2. The Balaban J connectivity index is 0.000000180. The molecule has 2 nitrogen and oxygen atoms in total. The van der Waals surface area contributed by atoms with Gasteiger partial charge in [0, 0.05) is 5.41 Å². The van der Waals surface area contributed by atoms with Gasteiger partial charge in [0.2, 0.25) is 0 Å². The lowest BCUT2D eigenvalue weighted by atomic mass is 10.2. The second-order valence-electron chi connectivity index (χ2n) is 2.98. The Kier molecular flexibility index (Phi) is 4.28. The maximum atomic E-state index is 9.89. The van der Waals surface area contributed by atoms with E-state index in [0.29, 0.717) is 0 Å². The van der Waals surface area contributed by atoms with Gasteiger partial charge in [0.05, 0.1) is 0 Å². The van der Waals surface area contributed by atoms with Gasteiger partial charge < -0.3 is 10.1 Å². The normalized spacial score (nSPS) is 18.7. The summed E-state index contributed by atoms with van der Waals surface area (Å²) in [7, 11) is 1.93. The van der Waals surface area contributed by atoms with E-state index in [1.54, 1.807) is 0 Å². The molecule has 0 aliphatic heterocycles. The highest BCUT2D eigenvalue weighted by molar-refractivity contribution is 5.62. The fourth-order valence-corrected chi connectivity index (χ4v) is 0.315. The fraction of sp³-hybridized carbons (Fsp3) is 0.875. The molecule has 1 N–H and O–H groups in total. The number of carbonyl (C=O) groups is 1. The second kappa shape index (κ2) is 4.45. The van der Waals surface area contributed by atoms with Gasteiger partial charge in [0.1, 0.15) is 6.29 Å². The average molecular weight is 143 g/mol. The molecule has 0 bridgehead atoms. The molecule has 0 aromatic carbocycles. The van der Waals surface area contributed by atoms with Crippen LogP contribution in [0.3, 0.4) is 0 Å². The minimum Gasteiger partial charge on any atom is -0.320 e. The largest absolute Gasteiger partial charge is 0.320 e. The Morgan fingerprint density at radius 2 is 2.00 bits per heavy atom. The van der Waals surface area contributed by atoms with Crippen LogP contribution >= 0.6 is 0 Å². The Morgan fingerprint density at radius 1 is 1.60 bits per heavy atom. The van der Waals surface area contributed by atoms with Gasteiger partial charge in [-0.2, -0.15) is 0 Å². The summed E-state index contributed by atoms with van der Waals surface area (Å²) < 4.78 is 0. The molecule has 1 aliphatic carbocycles. The van der Waals surface area contributed by atoms with Gasteiger partial charge in [0.15, 0.2) is 0 Å². The van der Waals surface area contributed by atoms with Crippen LogP contribution in [0.2, 0.25) is 0 Å². The first kappa shape index (κ1) is 9.63. The van der Waals surface area contributed by atoms with Crippen molar-refractivity contribution in [2.75, 3.05) is 13.6 Å². The van der Waals surface area contributed by atoms with E-state index in [1.807, 2.05) is 14.0 Å². The fourth-order valence-electron chi connectivity index (χ4n) is 0.315. The smallest absolute Gasteiger partial charge is 0.125 e. The van der Waals surface area contributed by atoms with E-state index < -0.39 is 0 Å². The minimum atomic E-state index is 0.111. The molecule has 0 atom stereocenters. The molecule has 60 valence electrons. The summed E-state index contributed by atoms with van der Waals surface area (Å²) >= 11 is 0. The highest BCUT2D eigenvalue weighted by Crippen LogP contribution is 2.42. The Labute approximate surface area is 63.0 Å². The Bertz CT molecular complexity index is 95.4. The van der Waals surface area contributed by atoms with Crippen LogP contribution in [0.15, 0.2) is 0 Å². The summed E-state index contributed by atoms with van der Waals surface area (Å²) in [6.45, 7) is 5.12. The number of carbonyl (C=O) groups excluding carboxylic acids is 1. The van der Waals surface area contributed by atoms with Crippen LogP contribution < -0.4 is 5.32 Å². The highest BCUT2D eigenvalue weighted by Gasteiger charge is 2.36. The van der Waals surface area contributed by atoms with Gasteiger partial charge in [-0.15, -0.1) is 0 Å². The van der Waals surface area contributed by atoms with E-state index in [1.165, 1.54) is 0 Å². The van der Waals surface area contributed by atoms with Crippen molar-refractivity contribution in [2.45, 2.75) is 26.7 Å². The Morgan fingerprint density at radius 3 is 2.00 bits per heavy atom. The molecule has 0 heterocycles. The summed E-state index contributed by atoms with van der Waals surface area (Å²) in [5, 5.41) is 2.93. The molecule has 0 aromatic heterocycles. The first-order chi connectivity index (χ1) is 4.68. The molecule has 0 unspecified atom stereocenters. The molecule has 0 radical (unpaired) electrons. The molecule has 0 spiro atoms. The number of nitrogens with one attached hydrogen (secondary N) is 1. The zero-order valence-corrected chi connectivity index (χ0v) is 7.11. The van der Waals surface area contributed by atoms with Crippen LogP contribution in [-0.4, -0.2) is 19.9 Å². The van der Waals surface area contributed by atoms with Gasteiger partial charge in [-0.1, -0.05) is 13.8 Å². The second-order valence-corrected chi connectivity index (χ2v) is 2.98. The van der Waals surface area contributed by atoms with Crippen molar-refractivity contribution in [1.29, 1.82) is 0 Å². The van der Waals surface area contributed by atoms with E-state index in [9.17, 15) is 4.79 Å². The van der Waals surface area contributed by atoms with E-state index in [0.717, 1.165) is 25.7 Å². The number of aldehydes is 1. The summed E-state index contributed by atoms with van der Waals surface area (Å²) in [6, 6.07) is 0. The van der Waals surface area contributed by atoms with Crippen LogP contribution in [0, 0.1) is 5.41 Å². The predicted molar refractivity (Wildman–Crippen MR) is 43.0 cm³/mol. The first-order valence-corrected chi connectivity index (χ1v) is 3.79. The van der Waals surface area contributed by atoms with Crippen molar-refractivity contribution in [2.24, 2.45) is 5.41 Å². The van der Waals surface area contributed by atoms with Crippen molar-refractivity contribution < 1.29 is 4.79 Å². The molecular formula is C8H17NO. The molecule has 0 saturated heterocycles. The predicted octanol–water partition coefficient (Wildman–Crippen LogP) is 1.21. The maximum absolute atomic E-state index is 9.89. The van der Waals surface area contributed by atoms with Crippen molar-refractivity contribution in [3.63, 3.8) is 0 Å². The first-order valence-electron chi connectivity index (χ1n) is 3.79. The van der Waals surface area contributed by atoms with E-state index in [2.05, 4.69) is 12.2 Å². The quantitative estimate of drug-likeness (QED) is 0.589.